The van der Waals surface area contributed by atoms with Gasteiger partial charge in [0.05, 0.1) is 24.1 Å². The molecule has 0 aromatic carbocycles. The van der Waals surface area contributed by atoms with Gasteiger partial charge in [0.2, 0.25) is 0 Å². The number of anilines is 1. The first kappa shape index (κ1) is 18.7. The Bertz CT molecular complexity index is 950. The van der Waals surface area contributed by atoms with Crippen molar-refractivity contribution in [3.05, 3.63) is 78.1 Å². The summed E-state index contributed by atoms with van der Waals surface area (Å²) >= 11 is 0. The highest BCUT2D eigenvalue weighted by Crippen LogP contribution is 2.13. The van der Waals surface area contributed by atoms with Crippen LogP contribution >= 0.6 is 0 Å². The van der Waals surface area contributed by atoms with E-state index in [2.05, 4.69) is 15.3 Å². The monoisotopic (exact) mass is 391 g/mol. The average molecular weight is 391 g/mol. The molecule has 29 heavy (non-hydrogen) atoms. The Morgan fingerprint density at radius 3 is 2.34 bits per heavy atom. The van der Waals surface area contributed by atoms with Crippen LogP contribution in [0.1, 0.15) is 26.6 Å². The second-order valence-corrected chi connectivity index (χ2v) is 6.67. The zero-order valence-corrected chi connectivity index (χ0v) is 15.8. The minimum Gasteiger partial charge on any atom is -0.459 e. The summed E-state index contributed by atoms with van der Waals surface area (Å²) in [6, 6.07) is 12.6. The van der Waals surface area contributed by atoms with Gasteiger partial charge in [-0.1, -0.05) is 6.07 Å². The Hall–Kier alpha value is -3.68. The summed E-state index contributed by atoms with van der Waals surface area (Å²) in [5.74, 6) is 0.773. The van der Waals surface area contributed by atoms with Crippen LogP contribution in [0, 0.1) is 0 Å². The molecule has 148 valence electrons. The van der Waals surface area contributed by atoms with E-state index >= 15 is 0 Å². The van der Waals surface area contributed by atoms with E-state index in [0.717, 1.165) is 5.69 Å². The van der Waals surface area contributed by atoms with E-state index in [-0.39, 0.29) is 11.8 Å². The van der Waals surface area contributed by atoms with Gasteiger partial charge < -0.3 is 19.5 Å². The number of furan rings is 1. The number of carbonyl (C=O) groups is 2. The maximum atomic E-state index is 12.7. The fraction of sp³-hybridized carbons (Fsp3) is 0.238. The van der Waals surface area contributed by atoms with Crippen molar-refractivity contribution in [2.75, 3.05) is 31.5 Å². The third-order valence-electron chi connectivity index (χ3n) is 4.77. The first-order valence-corrected chi connectivity index (χ1v) is 9.42. The van der Waals surface area contributed by atoms with E-state index in [9.17, 15) is 9.59 Å². The van der Waals surface area contributed by atoms with Crippen LogP contribution in [0.4, 0.5) is 5.82 Å². The third-order valence-corrected chi connectivity index (χ3v) is 4.77. The Morgan fingerprint density at radius 2 is 1.72 bits per heavy atom. The molecule has 8 nitrogen and oxygen atoms in total. The molecule has 0 aliphatic carbocycles. The molecule has 4 rings (SSSR count). The topological polar surface area (TPSA) is 91.6 Å². The van der Waals surface area contributed by atoms with Crippen LogP contribution in [0.15, 0.2) is 65.5 Å². The van der Waals surface area contributed by atoms with Crippen molar-refractivity contribution in [2.24, 2.45) is 0 Å². The first-order chi connectivity index (χ1) is 14.2. The standard InChI is InChI=1S/C21H21N5O3/c27-20(25-9-11-26(12-10-25)21(28)18-5-3-13-29-18)16-6-7-19(23-14-16)24-15-17-4-1-2-8-22-17/h1-8,13-14H,9-12,15H2,(H,23,24). The molecule has 1 N–H and O–H groups in total. The van der Waals surface area contributed by atoms with Crippen molar-refractivity contribution >= 4 is 17.6 Å². The number of aromatic nitrogens is 2. The molecule has 0 saturated carbocycles. The number of piperazine rings is 1. The van der Waals surface area contributed by atoms with E-state index in [4.69, 9.17) is 4.42 Å². The molecular formula is C21H21N5O3. The smallest absolute Gasteiger partial charge is 0.289 e. The van der Waals surface area contributed by atoms with E-state index in [0.29, 0.717) is 49.9 Å². The quantitative estimate of drug-likeness (QED) is 0.717. The number of amides is 2. The summed E-state index contributed by atoms with van der Waals surface area (Å²) in [6.45, 7) is 2.47. The van der Waals surface area contributed by atoms with Gasteiger partial charge in [-0.25, -0.2) is 4.98 Å². The lowest BCUT2D eigenvalue weighted by molar-refractivity contribution is 0.0518. The van der Waals surface area contributed by atoms with Crippen molar-refractivity contribution in [1.29, 1.82) is 0 Å². The predicted octanol–water partition coefficient (Wildman–Crippen LogP) is 2.28. The van der Waals surface area contributed by atoms with Crippen LogP contribution in [-0.2, 0) is 6.54 Å². The fourth-order valence-corrected chi connectivity index (χ4v) is 3.16. The van der Waals surface area contributed by atoms with Gasteiger partial charge in [0, 0.05) is 38.6 Å². The number of rotatable bonds is 5. The number of hydrogen-bond acceptors (Lipinski definition) is 6. The lowest BCUT2D eigenvalue weighted by Crippen LogP contribution is -2.50. The lowest BCUT2D eigenvalue weighted by atomic mass is 10.2. The summed E-state index contributed by atoms with van der Waals surface area (Å²) in [7, 11) is 0. The Labute approximate surface area is 168 Å². The molecule has 1 saturated heterocycles. The summed E-state index contributed by atoms with van der Waals surface area (Å²) in [5.41, 5.74) is 1.44. The molecule has 4 heterocycles. The molecular weight excluding hydrogens is 370 g/mol. The second kappa shape index (κ2) is 8.55. The minimum atomic E-state index is -0.146. The molecule has 1 fully saturated rings. The molecule has 1 aliphatic rings. The minimum absolute atomic E-state index is 0.0844. The largest absolute Gasteiger partial charge is 0.459 e. The zero-order valence-electron chi connectivity index (χ0n) is 15.8. The Morgan fingerprint density at radius 1 is 0.931 bits per heavy atom. The van der Waals surface area contributed by atoms with Gasteiger partial charge in [-0.2, -0.15) is 0 Å². The fourth-order valence-electron chi connectivity index (χ4n) is 3.16. The molecule has 3 aromatic heterocycles. The lowest BCUT2D eigenvalue weighted by Gasteiger charge is -2.34. The van der Waals surface area contributed by atoms with Gasteiger partial charge in [0.15, 0.2) is 5.76 Å². The molecule has 0 unspecified atom stereocenters. The highest BCUT2D eigenvalue weighted by molar-refractivity contribution is 5.95. The SMILES string of the molecule is O=C(c1ccc(NCc2ccccn2)nc1)N1CCN(C(=O)c2ccco2)CC1. The van der Waals surface area contributed by atoms with Crippen molar-refractivity contribution in [1.82, 2.24) is 19.8 Å². The molecule has 3 aromatic rings. The van der Waals surface area contributed by atoms with Crippen LogP contribution in [0.25, 0.3) is 0 Å². The van der Waals surface area contributed by atoms with Gasteiger partial charge in [0.25, 0.3) is 11.8 Å². The normalized spacial score (nSPS) is 13.9. The average Bonchev–Trinajstić information content (AvgIpc) is 3.33. The summed E-state index contributed by atoms with van der Waals surface area (Å²) < 4.78 is 5.16. The zero-order chi connectivity index (χ0) is 20.1. The molecule has 0 bridgehead atoms. The van der Waals surface area contributed by atoms with Gasteiger partial charge in [-0.15, -0.1) is 0 Å². The molecule has 2 amide bonds. The van der Waals surface area contributed by atoms with Crippen molar-refractivity contribution in [3.8, 4) is 0 Å². The van der Waals surface area contributed by atoms with Gasteiger partial charge >= 0.3 is 0 Å². The highest BCUT2D eigenvalue weighted by atomic mass is 16.3. The number of nitrogens with one attached hydrogen (secondary N) is 1. The Kier molecular flexibility index (Phi) is 5.51. The van der Waals surface area contributed by atoms with E-state index in [1.807, 2.05) is 18.2 Å². The first-order valence-electron chi connectivity index (χ1n) is 9.42. The maximum Gasteiger partial charge on any atom is 0.289 e. The summed E-state index contributed by atoms with van der Waals surface area (Å²) in [6.07, 6.45) is 4.80. The van der Waals surface area contributed by atoms with E-state index in [1.54, 1.807) is 46.5 Å². The van der Waals surface area contributed by atoms with Gasteiger partial charge in [0.1, 0.15) is 5.82 Å². The number of pyridine rings is 2. The van der Waals surface area contributed by atoms with Gasteiger partial charge in [-0.05, 0) is 36.4 Å². The van der Waals surface area contributed by atoms with E-state index < -0.39 is 0 Å². The number of carbonyl (C=O) groups excluding carboxylic acids is 2. The Balaban J connectivity index is 1.30. The molecule has 1 aliphatic heterocycles. The molecule has 0 radical (unpaired) electrons. The molecule has 0 spiro atoms. The second-order valence-electron chi connectivity index (χ2n) is 6.67. The van der Waals surface area contributed by atoms with Crippen LogP contribution in [0.2, 0.25) is 0 Å². The van der Waals surface area contributed by atoms with Crippen LogP contribution in [-0.4, -0.2) is 57.8 Å². The molecule has 0 atom stereocenters. The van der Waals surface area contributed by atoms with Crippen LogP contribution < -0.4 is 5.32 Å². The van der Waals surface area contributed by atoms with Crippen LogP contribution in [0.3, 0.4) is 0 Å². The van der Waals surface area contributed by atoms with Gasteiger partial charge in [-0.3, -0.25) is 14.6 Å². The molecule has 8 heteroatoms. The third kappa shape index (κ3) is 4.43. The van der Waals surface area contributed by atoms with Crippen molar-refractivity contribution in [2.45, 2.75) is 6.54 Å². The maximum absolute atomic E-state index is 12.7. The number of nitrogens with zero attached hydrogens (tertiary/aromatic N) is 4. The highest BCUT2D eigenvalue weighted by Gasteiger charge is 2.26. The van der Waals surface area contributed by atoms with Crippen LogP contribution in [0.5, 0.6) is 0 Å². The van der Waals surface area contributed by atoms with Crippen molar-refractivity contribution in [3.63, 3.8) is 0 Å². The summed E-state index contributed by atoms with van der Waals surface area (Å²) in [4.78, 5) is 37.1. The predicted molar refractivity (Wildman–Crippen MR) is 106 cm³/mol. The number of hydrogen-bond donors (Lipinski definition) is 1. The summed E-state index contributed by atoms with van der Waals surface area (Å²) in [5, 5.41) is 3.19. The van der Waals surface area contributed by atoms with Crippen molar-refractivity contribution < 1.29 is 14.0 Å². The van der Waals surface area contributed by atoms with E-state index in [1.165, 1.54) is 6.26 Å².